The summed E-state index contributed by atoms with van der Waals surface area (Å²) in [5.74, 6) is -0.861. The summed E-state index contributed by atoms with van der Waals surface area (Å²) in [4.78, 5) is 38.0. The van der Waals surface area contributed by atoms with Gasteiger partial charge >= 0.3 is 17.9 Å². The van der Waals surface area contributed by atoms with Crippen LogP contribution in [-0.4, -0.2) is 37.2 Å². The first-order valence-corrected chi connectivity index (χ1v) is 29.3. The van der Waals surface area contributed by atoms with E-state index in [4.69, 9.17) is 14.2 Å². The summed E-state index contributed by atoms with van der Waals surface area (Å²) >= 11 is 0. The summed E-state index contributed by atoms with van der Waals surface area (Å²) in [6, 6.07) is 0. The average Bonchev–Trinajstić information content (AvgIpc) is 3.31. The summed E-state index contributed by atoms with van der Waals surface area (Å²) < 4.78 is 16.8. The molecule has 0 heterocycles. The van der Waals surface area contributed by atoms with Crippen LogP contribution in [0.4, 0.5) is 0 Å². The number of rotatable bonds is 54. The fourth-order valence-electron chi connectivity index (χ4n) is 8.73. The quantitative estimate of drug-likeness (QED) is 0.0262. The summed E-state index contributed by atoms with van der Waals surface area (Å²) in [6.07, 6.45) is 64.7. The van der Waals surface area contributed by atoms with Crippen LogP contribution in [0, 0.1) is 0 Å². The molecule has 0 amide bonds. The number of carbonyl (C=O) groups excluding carboxylic acids is 3. The molecule has 0 radical (unpaired) electrons. The van der Waals surface area contributed by atoms with Crippen LogP contribution < -0.4 is 0 Å². The van der Waals surface area contributed by atoms with Crippen molar-refractivity contribution < 1.29 is 28.6 Å². The molecule has 0 aliphatic carbocycles. The first-order valence-electron chi connectivity index (χ1n) is 29.3. The molecule has 0 bridgehead atoms. The third-order valence-corrected chi connectivity index (χ3v) is 13.2. The van der Waals surface area contributed by atoms with Crippen molar-refractivity contribution in [3.05, 3.63) is 24.3 Å². The zero-order valence-corrected chi connectivity index (χ0v) is 44.5. The van der Waals surface area contributed by atoms with E-state index < -0.39 is 6.10 Å². The first-order chi connectivity index (χ1) is 32.5. The molecule has 388 valence electrons. The van der Waals surface area contributed by atoms with E-state index in [0.717, 1.165) is 57.8 Å². The van der Waals surface area contributed by atoms with Crippen molar-refractivity contribution in [3.63, 3.8) is 0 Å². The maximum absolute atomic E-state index is 12.8. The van der Waals surface area contributed by atoms with E-state index in [-0.39, 0.29) is 31.1 Å². The Balaban J connectivity index is 4.23. The molecule has 0 aromatic heterocycles. The summed E-state index contributed by atoms with van der Waals surface area (Å²) in [6.45, 7) is 6.66. The van der Waals surface area contributed by atoms with E-state index in [1.54, 1.807) is 0 Å². The molecule has 0 fully saturated rings. The topological polar surface area (TPSA) is 78.9 Å². The van der Waals surface area contributed by atoms with Gasteiger partial charge in [-0.25, -0.2) is 0 Å². The highest BCUT2D eigenvalue weighted by atomic mass is 16.6. The van der Waals surface area contributed by atoms with Gasteiger partial charge in [-0.1, -0.05) is 257 Å². The van der Waals surface area contributed by atoms with Crippen molar-refractivity contribution >= 4 is 17.9 Å². The van der Waals surface area contributed by atoms with E-state index in [1.165, 1.54) is 225 Å². The number of hydrogen-bond acceptors (Lipinski definition) is 6. The normalized spacial score (nSPS) is 12.1. The molecule has 6 nitrogen and oxygen atoms in total. The van der Waals surface area contributed by atoms with Gasteiger partial charge in [0.25, 0.3) is 0 Å². The van der Waals surface area contributed by atoms with Crippen molar-refractivity contribution in [1.82, 2.24) is 0 Å². The highest BCUT2D eigenvalue weighted by Gasteiger charge is 2.19. The lowest BCUT2D eigenvalue weighted by molar-refractivity contribution is -0.167. The predicted octanol–water partition coefficient (Wildman–Crippen LogP) is 19.5. The predicted molar refractivity (Wildman–Crippen MR) is 284 cm³/mol. The highest BCUT2D eigenvalue weighted by molar-refractivity contribution is 5.71. The zero-order valence-electron chi connectivity index (χ0n) is 44.5. The van der Waals surface area contributed by atoms with Gasteiger partial charge in [0.2, 0.25) is 0 Å². The third-order valence-electron chi connectivity index (χ3n) is 13.2. The average molecular weight is 930 g/mol. The van der Waals surface area contributed by atoms with Crippen molar-refractivity contribution in [2.45, 2.75) is 329 Å². The minimum atomic E-state index is -0.770. The second-order valence-corrected chi connectivity index (χ2v) is 19.9. The molecule has 1 atom stereocenters. The lowest BCUT2D eigenvalue weighted by atomic mass is 10.1. The SMILES string of the molecule is CCCCCCCCC/C=C\CCCCCCCCCC(=O)OC(COC(=O)CCCCCCCCCCC)COC(=O)CCCCCCCCCCC/C=C\CCCCCCCCCC. The largest absolute Gasteiger partial charge is 0.462 e. The number of ether oxygens (including phenoxy) is 3. The van der Waals surface area contributed by atoms with Crippen LogP contribution in [0.3, 0.4) is 0 Å². The Morgan fingerprint density at radius 1 is 0.288 bits per heavy atom. The lowest BCUT2D eigenvalue weighted by Gasteiger charge is -2.18. The molecule has 0 saturated carbocycles. The fourth-order valence-corrected chi connectivity index (χ4v) is 8.73. The van der Waals surface area contributed by atoms with Crippen LogP contribution in [0.1, 0.15) is 323 Å². The minimum Gasteiger partial charge on any atom is -0.462 e. The molecular formula is C60H112O6. The Kier molecular flexibility index (Phi) is 53.7. The van der Waals surface area contributed by atoms with Crippen molar-refractivity contribution in [1.29, 1.82) is 0 Å². The van der Waals surface area contributed by atoms with E-state index in [1.807, 2.05) is 0 Å². The Labute approximate surface area is 411 Å². The minimum absolute atomic E-state index is 0.0698. The van der Waals surface area contributed by atoms with Gasteiger partial charge in [0, 0.05) is 19.3 Å². The number of hydrogen-bond donors (Lipinski definition) is 0. The van der Waals surface area contributed by atoms with E-state index in [0.29, 0.717) is 19.3 Å². The van der Waals surface area contributed by atoms with Gasteiger partial charge in [0.05, 0.1) is 0 Å². The van der Waals surface area contributed by atoms with E-state index in [9.17, 15) is 14.4 Å². The Hall–Kier alpha value is -2.11. The number of unbranched alkanes of at least 4 members (excludes halogenated alkanes) is 39. The van der Waals surface area contributed by atoms with Gasteiger partial charge in [0.15, 0.2) is 6.10 Å². The highest BCUT2D eigenvalue weighted by Crippen LogP contribution is 2.16. The summed E-state index contributed by atoms with van der Waals surface area (Å²) in [7, 11) is 0. The van der Waals surface area contributed by atoms with Crippen LogP contribution in [0.25, 0.3) is 0 Å². The smallest absolute Gasteiger partial charge is 0.306 e. The van der Waals surface area contributed by atoms with Crippen molar-refractivity contribution in [2.75, 3.05) is 13.2 Å². The fraction of sp³-hybridized carbons (Fsp3) is 0.883. The second kappa shape index (κ2) is 55.5. The second-order valence-electron chi connectivity index (χ2n) is 19.9. The number of esters is 3. The van der Waals surface area contributed by atoms with Crippen molar-refractivity contribution in [3.8, 4) is 0 Å². The molecular weight excluding hydrogens is 817 g/mol. The molecule has 66 heavy (non-hydrogen) atoms. The van der Waals surface area contributed by atoms with Crippen LogP contribution in [0.15, 0.2) is 24.3 Å². The van der Waals surface area contributed by atoms with Gasteiger partial charge in [-0.05, 0) is 70.6 Å². The molecule has 0 aromatic carbocycles. The number of allylic oxidation sites excluding steroid dienone is 4. The third kappa shape index (κ3) is 52.9. The Morgan fingerprint density at radius 3 is 0.758 bits per heavy atom. The molecule has 0 rings (SSSR count). The van der Waals surface area contributed by atoms with Gasteiger partial charge in [-0.3, -0.25) is 14.4 Å². The summed E-state index contributed by atoms with van der Waals surface area (Å²) in [5, 5.41) is 0. The Morgan fingerprint density at radius 2 is 0.500 bits per heavy atom. The van der Waals surface area contributed by atoms with Crippen LogP contribution >= 0.6 is 0 Å². The molecule has 0 N–H and O–H groups in total. The standard InChI is InChI=1S/C60H112O6/c1-4-7-10-13-16-19-21-23-25-27-29-30-31-33-34-36-38-41-44-47-50-53-59(62)65-56-57(55-64-58(61)52-49-46-43-40-18-15-12-9-6-3)66-60(63)54-51-48-45-42-39-37-35-32-28-26-24-22-20-17-14-11-8-5-2/h26-29,57H,4-25,30-56H2,1-3H3/b28-26-,29-27-. The molecule has 0 aromatic rings. The van der Waals surface area contributed by atoms with Crippen LogP contribution in [0.2, 0.25) is 0 Å². The molecule has 6 heteroatoms. The van der Waals surface area contributed by atoms with Gasteiger partial charge in [0.1, 0.15) is 13.2 Å². The first kappa shape index (κ1) is 63.9. The summed E-state index contributed by atoms with van der Waals surface area (Å²) in [5.41, 5.74) is 0. The Bertz CT molecular complexity index is 1070. The molecule has 0 saturated heterocycles. The number of carbonyl (C=O) groups is 3. The van der Waals surface area contributed by atoms with E-state index in [2.05, 4.69) is 45.1 Å². The molecule has 1 unspecified atom stereocenters. The van der Waals surface area contributed by atoms with Crippen molar-refractivity contribution in [2.24, 2.45) is 0 Å². The van der Waals surface area contributed by atoms with Gasteiger partial charge in [-0.2, -0.15) is 0 Å². The monoisotopic (exact) mass is 929 g/mol. The maximum Gasteiger partial charge on any atom is 0.306 e. The molecule has 0 spiro atoms. The van der Waals surface area contributed by atoms with Gasteiger partial charge < -0.3 is 14.2 Å². The maximum atomic E-state index is 12.8. The molecule has 0 aliphatic heterocycles. The van der Waals surface area contributed by atoms with E-state index >= 15 is 0 Å². The molecule has 0 aliphatic rings. The zero-order chi connectivity index (χ0) is 47.9. The van der Waals surface area contributed by atoms with Crippen LogP contribution in [-0.2, 0) is 28.6 Å². The lowest BCUT2D eigenvalue weighted by Crippen LogP contribution is -2.30. The van der Waals surface area contributed by atoms with Crippen LogP contribution in [0.5, 0.6) is 0 Å². The van der Waals surface area contributed by atoms with Gasteiger partial charge in [-0.15, -0.1) is 0 Å².